The lowest BCUT2D eigenvalue weighted by Gasteiger charge is -2.27. The molecule has 1 aliphatic heterocycles. The highest BCUT2D eigenvalue weighted by molar-refractivity contribution is 8.16. The van der Waals surface area contributed by atoms with Crippen LogP contribution in [-0.2, 0) is 21.2 Å². The maximum atomic E-state index is 13.2. The second kappa shape index (κ2) is 8.16. The van der Waals surface area contributed by atoms with Crippen molar-refractivity contribution in [3.8, 4) is 11.5 Å². The van der Waals surface area contributed by atoms with Gasteiger partial charge in [0.15, 0.2) is 0 Å². The second-order valence-electron chi connectivity index (χ2n) is 5.95. The highest BCUT2D eigenvalue weighted by atomic mass is 32.2. The van der Waals surface area contributed by atoms with Crippen LogP contribution in [0.15, 0.2) is 64.9 Å². The van der Waals surface area contributed by atoms with Crippen molar-refractivity contribution in [2.24, 2.45) is 0 Å². The largest absolute Gasteiger partial charge is 0.508 e. The van der Waals surface area contributed by atoms with Crippen molar-refractivity contribution in [2.45, 2.75) is 17.4 Å². The van der Waals surface area contributed by atoms with Crippen molar-refractivity contribution >= 4 is 26.9 Å². The molecule has 0 bridgehead atoms. The Kier molecular flexibility index (Phi) is 5.88. The lowest BCUT2D eigenvalue weighted by Crippen LogP contribution is -2.44. The topological polar surface area (TPSA) is 83.9 Å². The molecule has 0 aromatic heterocycles. The van der Waals surface area contributed by atoms with Gasteiger partial charge in [-0.2, -0.15) is 4.31 Å². The highest BCUT2D eigenvalue weighted by Gasteiger charge is 2.36. The number of benzene rings is 2. The van der Waals surface area contributed by atoms with Crippen molar-refractivity contribution < 1.29 is 23.1 Å². The first-order valence-corrected chi connectivity index (χ1v) is 10.5. The number of hydrogen-bond acceptors (Lipinski definition) is 6. The molecule has 0 spiro atoms. The molecule has 8 heteroatoms. The van der Waals surface area contributed by atoms with Gasteiger partial charge in [-0.15, -0.1) is 0 Å². The predicted octanol–water partition coefficient (Wildman–Crippen LogP) is 2.79. The summed E-state index contributed by atoms with van der Waals surface area (Å²) in [6.07, 6.45) is 1.89. The van der Waals surface area contributed by atoms with Gasteiger partial charge in [-0.05, 0) is 53.8 Å². The van der Waals surface area contributed by atoms with Crippen LogP contribution >= 0.6 is 11.8 Å². The molecule has 0 radical (unpaired) electrons. The lowest BCUT2D eigenvalue weighted by atomic mass is 10.1. The molecule has 2 aromatic carbocycles. The van der Waals surface area contributed by atoms with Crippen molar-refractivity contribution in [2.75, 3.05) is 13.7 Å². The van der Waals surface area contributed by atoms with Crippen LogP contribution in [0.1, 0.15) is 5.56 Å². The molecule has 1 atom stereocenters. The maximum absolute atomic E-state index is 13.2. The average molecular weight is 405 g/mol. The summed E-state index contributed by atoms with van der Waals surface area (Å²) >= 11 is 0.996. The molecule has 0 saturated heterocycles. The minimum atomic E-state index is -3.88. The Balaban J connectivity index is 1.95. The van der Waals surface area contributed by atoms with E-state index in [0.29, 0.717) is 5.75 Å². The van der Waals surface area contributed by atoms with Crippen LogP contribution in [0.3, 0.4) is 0 Å². The monoisotopic (exact) mass is 405 g/mol. The lowest BCUT2D eigenvalue weighted by molar-refractivity contribution is -0.114. The Labute approximate surface area is 162 Å². The Morgan fingerprint density at radius 3 is 2.44 bits per heavy atom. The molecular formula is C19H19NO5S2. The summed E-state index contributed by atoms with van der Waals surface area (Å²) < 4.78 is 32.7. The molecule has 6 nitrogen and oxygen atoms in total. The first kappa shape index (κ1) is 19.5. The first-order chi connectivity index (χ1) is 12.9. The molecule has 0 aliphatic carbocycles. The fraction of sp³-hybridized carbons (Fsp3) is 0.211. The number of phenols is 1. The zero-order valence-electron chi connectivity index (χ0n) is 14.6. The van der Waals surface area contributed by atoms with E-state index < -0.39 is 16.1 Å². The number of carbonyl (C=O) groups is 1. The molecule has 1 aliphatic rings. The number of methoxy groups -OCH3 is 1. The quantitative estimate of drug-likeness (QED) is 0.824. The minimum Gasteiger partial charge on any atom is -0.508 e. The molecule has 1 N–H and O–H groups in total. The zero-order chi connectivity index (χ0) is 19.4. The van der Waals surface area contributed by atoms with Crippen LogP contribution in [-0.4, -0.2) is 42.6 Å². The van der Waals surface area contributed by atoms with Gasteiger partial charge in [0.05, 0.1) is 18.0 Å². The Hall–Kier alpha value is -2.29. The second-order valence-corrected chi connectivity index (χ2v) is 8.75. The molecular weight excluding hydrogens is 386 g/mol. The van der Waals surface area contributed by atoms with Gasteiger partial charge in [-0.1, -0.05) is 30.0 Å². The molecule has 1 heterocycles. The van der Waals surface area contributed by atoms with E-state index in [0.717, 1.165) is 17.3 Å². The van der Waals surface area contributed by atoms with Crippen molar-refractivity contribution in [3.05, 3.63) is 65.6 Å². The molecule has 0 saturated carbocycles. The number of rotatable bonds is 5. The molecule has 3 rings (SSSR count). The van der Waals surface area contributed by atoms with E-state index in [9.17, 15) is 18.3 Å². The van der Waals surface area contributed by atoms with Crippen LogP contribution in [0, 0.1) is 0 Å². The molecule has 142 valence electrons. The molecule has 0 amide bonds. The van der Waals surface area contributed by atoms with Gasteiger partial charge < -0.3 is 9.84 Å². The number of carbonyl (C=O) groups excluding carboxylic acids is 1. The minimum absolute atomic E-state index is 0.104. The van der Waals surface area contributed by atoms with Gasteiger partial charge in [-0.25, -0.2) is 8.42 Å². The number of nitrogens with zero attached hydrogens (tertiary/aromatic N) is 1. The standard InChI is InChI=1S/C19H19NO5S2/c1-25-16-7-9-17(10-8-16)27(23,24)20-11-2-12-26-19(22)18(20)13-14-3-5-15(21)6-4-14/h2-10,12,18,21H,11,13H2,1H3/t18-/m0/s1. The summed E-state index contributed by atoms with van der Waals surface area (Å²) in [6.45, 7) is 0.107. The van der Waals surface area contributed by atoms with Crippen molar-refractivity contribution in [1.29, 1.82) is 0 Å². The van der Waals surface area contributed by atoms with E-state index in [1.54, 1.807) is 35.7 Å². The van der Waals surface area contributed by atoms with Crippen molar-refractivity contribution in [1.82, 2.24) is 4.31 Å². The summed E-state index contributed by atoms with van der Waals surface area (Å²) in [5.41, 5.74) is 0.767. The average Bonchev–Trinajstić information content (AvgIpc) is 2.86. The zero-order valence-corrected chi connectivity index (χ0v) is 16.2. The van der Waals surface area contributed by atoms with Gasteiger partial charge in [0.2, 0.25) is 15.1 Å². The SMILES string of the molecule is COc1ccc(S(=O)(=O)N2CC=CSC(=O)[C@@H]2Cc2ccc(O)cc2)cc1. The fourth-order valence-electron chi connectivity index (χ4n) is 2.77. The van der Waals surface area contributed by atoms with Gasteiger partial charge in [0.25, 0.3) is 0 Å². The van der Waals surface area contributed by atoms with E-state index in [2.05, 4.69) is 0 Å². The molecule has 0 fully saturated rings. The number of sulfonamides is 1. The normalized spacial score (nSPS) is 18.3. The van der Waals surface area contributed by atoms with E-state index in [1.165, 1.54) is 35.7 Å². The highest BCUT2D eigenvalue weighted by Crippen LogP contribution is 2.28. The Morgan fingerprint density at radius 2 is 1.81 bits per heavy atom. The van der Waals surface area contributed by atoms with Crippen LogP contribution in [0.25, 0.3) is 0 Å². The number of aromatic hydroxyl groups is 1. The van der Waals surface area contributed by atoms with Crippen LogP contribution < -0.4 is 4.74 Å². The number of ether oxygens (including phenoxy) is 1. The van der Waals surface area contributed by atoms with E-state index in [-0.39, 0.29) is 28.7 Å². The van der Waals surface area contributed by atoms with Crippen LogP contribution in [0.5, 0.6) is 11.5 Å². The Bertz CT molecular complexity index is 937. The van der Waals surface area contributed by atoms with E-state index in [1.807, 2.05) is 0 Å². The predicted molar refractivity (Wildman–Crippen MR) is 104 cm³/mol. The summed E-state index contributed by atoms with van der Waals surface area (Å²) in [6, 6.07) is 11.7. The summed E-state index contributed by atoms with van der Waals surface area (Å²) in [4.78, 5) is 12.7. The van der Waals surface area contributed by atoms with E-state index >= 15 is 0 Å². The third kappa shape index (κ3) is 4.35. The van der Waals surface area contributed by atoms with E-state index in [4.69, 9.17) is 4.74 Å². The summed E-state index contributed by atoms with van der Waals surface area (Å²) in [7, 11) is -2.37. The molecule has 2 aromatic rings. The third-order valence-electron chi connectivity index (χ3n) is 4.22. The molecule has 0 unspecified atom stereocenters. The van der Waals surface area contributed by atoms with Crippen LogP contribution in [0.4, 0.5) is 0 Å². The smallest absolute Gasteiger partial charge is 0.244 e. The van der Waals surface area contributed by atoms with Gasteiger partial charge in [0, 0.05) is 6.54 Å². The Morgan fingerprint density at radius 1 is 1.15 bits per heavy atom. The molecule has 27 heavy (non-hydrogen) atoms. The van der Waals surface area contributed by atoms with Gasteiger partial charge in [-0.3, -0.25) is 4.79 Å². The van der Waals surface area contributed by atoms with Crippen molar-refractivity contribution in [3.63, 3.8) is 0 Å². The maximum Gasteiger partial charge on any atom is 0.244 e. The first-order valence-electron chi connectivity index (χ1n) is 8.21. The van der Waals surface area contributed by atoms with Gasteiger partial charge in [0.1, 0.15) is 11.5 Å². The number of phenolic OH excluding ortho intramolecular Hbond substituents is 1. The number of hydrogen-bond donors (Lipinski definition) is 1. The number of thioether (sulfide) groups is 1. The third-order valence-corrected chi connectivity index (χ3v) is 6.94. The fourth-order valence-corrected chi connectivity index (χ4v) is 5.06. The van der Waals surface area contributed by atoms with Gasteiger partial charge >= 0.3 is 0 Å². The summed E-state index contributed by atoms with van der Waals surface area (Å²) in [5.74, 6) is 0.668. The van der Waals surface area contributed by atoms with Crippen LogP contribution in [0.2, 0.25) is 0 Å². The summed E-state index contributed by atoms with van der Waals surface area (Å²) in [5, 5.41) is 10.8.